The smallest absolute Gasteiger partial charge is 0.330 e. The van der Waals surface area contributed by atoms with Gasteiger partial charge >= 0.3 is 6.03 Å². The van der Waals surface area contributed by atoms with E-state index in [-0.39, 0.29) is 94.4 Å². The van der Waals surface area contributed by atoms with Crippen molar-refractivity contribution in [3.05, 3.63) is 102 Å². The van der Waals surface area contributed by atoms with Crippen LogP contribution in [-0.2, 0) is 62.4 Å². The van der Waals surface area contributed by atoms with Gasteiger partial charge in [-0.2, -0.15) is 0 Å². The van der Waals surface area contributed by atoms with Crippen molar-refractivity contribution < 1.29 is 58.2 Å². The van der Waals surface area contributed by atoms with Crippen LogP contribution in [0.3, 0.4) is 0 Å². The van der Waals surface area contributed by atoms with Crippen LogP contribution in [0.25, 0.3) is 10.9 Å². The number of carbonyl (C=O) groups excluding carboxylic acids is 10. The molecule has 27 nitrogen and oxygen atoms in total. The molecule has 440 valence electrons. The fourth-order valence-electron chi connectivity index (χ4n) is 9.70. The van der Waals surface area contributed by atoms with Crippen LogP contribution in [0.4, 0.5) is 4.79 Å². The molecule has 8 atom stereocenters. The number of para-hydroxylation sites is 1. The third kappa shape index (κ3) is 18.1. The van der Waals surface area contributed by atoms with Crippen LogP contribution in [0, 0.1) is 11.3 Å². The summed E-state index contributed by atoms with van der Waals surface area (Å²) >= 11 is 0. The van der Waals surface area contributed by atoms with E-state index in [0.29, 0.717) is 23.1 Å². The molecule has 27 heteroatoms. The molecule has 3 heterocycles. The van der Waals surface area contributed by atoms with Gasteiger partial charge in [-0.1, -0.05) is 74.5 Å². The number of amides is 11. The number of H-pyrrole nitrogens is 1. The second-order valence-corrected chi connectivity index (χ2v) is 20.6. The van der Waals surface area contributed by atoms with E-state index in [4.69, 9.17) is 16.9 Å². The number of fused-ring (bicyclic) bond motifs is 1. The number of phenolic OH excluding ortho intramolecular Hbond substituents is 1. The molecule has 0 aliphatic carbocycles. The Labute approximate surface area is 472 Å². The first-order chi connectivity index (χ1) is 39.2. The van der Waals surface area contributed by atoms with Crippen molar-refractivity contribution in [2.45, 2.75) is 126 Å². The zero-order valence-electron chi connectivity index (χ0n) is 45.6. The maximum absolute atomic E-state index is 14.7. The second kappa shape index (κ2) is 29.8. The van der Waals surface area contributed by atoms with Gasteiger partial charge in [-0.3, -0.25) is 54.0 Å². The van der Waals surface area contributed by atoms with E-state index in [1.807, 2.05) is 23.6 Å². The highest BCUT2D eigenvalue weighted by Gasteiger charge is 2.40. The molecule has 6 rings (SSSR count). The Morgan fingerprint density at radius 2 is 1.26 bits per heavy atom. The van der Waals surface area contributed by atoms with Crippen LogP contribution < -0.4 is 64.9 Å². The number of nitrogens with two attached hydrogens (primary N) is 2. The van der Waals surface area contributed by atoms with Gasteiger partial charge in [0.25, 0.3) is 5.91 Å². The largest absolute Gasteiger partial charge is 0.508 e. The summed E-state index contributed by atoms with van der Waals surface area (Å²) in [5.74, 6) is -7.38. The molecule has 2 saturated heterocycles. The molecule has 0 unspecified atom stereocenters. The maximum Gasteiger partial charge on any atom is 0.330 e. The monoisotopic (exact) mass is 1140 g/mol. The number of hydrogen-bond donors (Lipinski definition) is 16. The molecule has 1 aromatic heterocycles. The first kappa shape index (κ1) is 61.9. The van der Waals surface area contributed by atoms with Gasteiger partial charge in [0.1, 0.15) is 54.1 Å². The zero-order chi connectivity index (χ0) is 59.5. The van der Waals surface area contributed by atoms with Crippen molar-refractivity contribution >= 4 is 76.1 Å². The number of aliphatic hydroxyl groups excluding tert-OH is 1. The molecule has 2 aliphatic rings. The van der Waals surface area contributed by atoms with E-state index in [1.54, 1.807) is 56.4 Å². The van der Waals surface area contributed by atoms with Crippen LogP contribution in [0.2, 0.25) is 0 Å². The van der Waals surface area contributed by atoms with E-state index in [1.165, 1.54) is 29.2 Å². The van der Waals surface area contributed by atoms with Crippen LogP contribution in [0.5, 0.6) is 5.75 Å². The lowest BCUT2D eigenvalue weighted by atomic mass is 9.99. The van der Waals surface area contributed by atoms with E-state index in [9.17, 15) is 58.2 Å². The number of nitrogens with one attached hydrogen (secondary N) is 12. The normalized spacial score (nSPS) is 16.9. The van der Waals surface area contributed by atoms with Crippen molar-refractivity contribution in [3.63, 3.8) is 0 Å². The van der Waals surface area contributed by atoms with Gasteiger partial charge in [0.2, 0.25) is 47.3 Å². The lowest BCUT2D eigenvalue weighted by Crippen LogP contribution is -2.61. The van der Waals surface area contributed by atoms with Crippen LogP contribution in [0.15, 0.2) is 85.1 Å². The van der Waals surface area contributed by atoms with Crippen LogP contribution >= 0.6 is 0 Å². The molecule has 2 aliphatic heterocycles. The van der Waals surface area contributed by atoms with Crippen molar-refractivity contribution in [2.75, 3.05) is 19.7 Å². The molecule has 0 spiro atoms. The van der Waals surface area contributed by atoms with Gasteiger partial charge < -0.3 is 74.1 Å². The quantitative estimate of drug-likeness (QED) is 0.0134. The summed E-state index contributed by atoms with van der Waals surface area (Å²) in [7, 11) is 0. The standard InChI is InChI=1S/C55H73N15O12/c1-30(2)24-39(47(75)62-38(14-8-22-59-54(56)57)53(81)70-23-9-15-44(70)52(80)68-69-55(58)82)63-48(76)40(25-31-10-4-3-5-11-31)64-49(77)41(26-32-16-18-34(72)19-17-32)65-51(79)43(29-71)67-50(78)42(66-46(74)37-20-21-45(73)61-37)27-33-28-60-36-13-7-6-12-35(33)36/h3-7,10-13,16-19,28,30,37-44,60,71-72H,8-9,14-15,20-27,29H2,1-2H3,(H,61,73)(H,62,75)(H,63,76)(H,64,77)(H,65,79)(H,66,74)(H,67,78)(H,68,80)(H4,56,57,59)(H3,58,69,82)/t37-,38-,39-,40+,41-,42-,43-,44-/m0/s1. The summed E-state index contributed by atoms with van der Waals surface area (Å²) in [6.45, 7) is 2.91. The summed E-state index contributed by atoms with van der Waals surface area (Å²) in [5, 5.41) is 50.3. The predicted molar refractivity (Wildman–Crippen MR) is 298 cm³/mol. The van der Waals surface area contributed by atoms with Crippen molar-refractivity contribution in [1.29, 1.82) is 5.41 Å². The molecule has 11 amide bonds. The number of primary amides is 1. The SMILES string of the molecule is CC(C)C[C@H](NC(=O)[C@@H](Cc1ccccc1)NC(=O)[C@H](Cc1ccc(O)cc1)NC(=O)[C@H](CO)NC(=O)[C@H](Cc1c[nH]c2ccccc12)NC(=O)[C@@H]1CCC(=O)N1)C(=O)N[C@@H](CCCNC(=N)N)C(=O)N1CCC[C@H]1C(=O)NNC(N)=O. The van der Waals surface area contributed by atoms with E-state index < -0.39 is 108 Å². The van der Waals surface area contributed by atoms with E-state index in [2.05, 4.69) is 52.9 Å². The van der Waals surface area contributed by atoms with Crippen LogP contribution in [-0.4, -0.2) is 153 Å². The lowest BCUT2D eigenvalue weighted by Gasteiger charge is -2.30. The molecule has 2 fully saturated rings. The molecule has 0 radical (unpaired) electrons. The number of aromatic amines is 1. The Morgan fingerprint density at radius 1 is 0.683 bits per heavy atom. The van der Waals surface area contributed by atoms with Crippen molar-refractivity contribution in [2.24, 2.45) is 17.4 Å². The third-order valence-corrected chi connectivity index (χ3v) is 13.9. The summed E-state index contributed by atoms with van der Waals surface area (Å²) < 4.78 is 0. The number of hydrogen-bond acceptors (Lipinski definition) is 13. The highest BCUT2D eigenvalue weighted by molar-refractivity contribution is 5.99. The number of aromatic nitrogens is 1. The topological polar surface area (TPSA) is 426 Å². The molecule has 4 aromatic rings. The summed E-state index contributed by atoms with van der Waals surface area (Å²) in [6, 6.07) is 10.0. The third-order valence-electron chi connectivity index (χ3n) is 13.9. The number of benzene rings is 3. The Balaban J connectivity index is 1.23. The number of rotatable bonds is 27. The van der Waals surface area contributed by atoms with Crippen molar-refractivity contribution in [3.8, 4) is 5.75 Å². The zero-order valence-corrected chi connectivity index (χ0v) is 45.6. The Morgan fingerprint density at radius 3 is 1.87 bits per heavy atom. The number of aromatic hydroxyl groups is 1. The number of nitrogens with zero attached hydrogens (tertiary/aromatic N) is 1. The number of aliphatic hydroxyl groups is 1. The molecule has 0 bridgehead atoms. The van der Waals surface area contributed by atoms with Gasteiger partial charge in [0.05, 0.1) is 6.61 Å². The summed E-state index contributed by atoms with van der Waals surface area (Å²) in [4.78, 5) is 141. The predicted octanol–water partition coefficient (Wildman–Crippen LogP) is -1.92. The van der Waals surface area contributed by atoms with E-state index >= 15 is 0 Å². The summed E-state index contributed by atoms with van der Waals surface area (Å²) in [6.07, 6.45) is 2.44. The number of carbonyl (C=O) groups is 10. The molecule has 82 heavy (non-hydrogen) atoms. The first-order valence-corrected chi connectivity index (χ1v) is 27.0. The Kier molecular flexibility index (Phi) is 22.5. The minimum atomic E-state index is -1.71. The van der Waals surface area contributed by atoms with Gasteiger partial charge in [0, 0.05) is 55.9 Å². The molecular formula is C55H73N15O12. The second-order valence-electron chi connectivity index (χ2n) is 20.6. The minimum Gasteiger partial charge on any atom is -0.508 e. The summed E-state index contributed by atoms with van der Waals surface area (Å²) in [5.41, 5.74) is 17.2. The lowest BCUT2D eigenvalue weighted by molar-refractivity contribution is -0.142. The average molecular weight is 1140 g/mol. The van der Waals surface area contributed by atoms with Gasteiger partial charge in [-0.05, 0) is 79.3 Å². The number of likely N-dealkylation sites (tertiary alicyclic amines) is 1. The first-order valence-electron chi connectivity index (χ1n) is 27.0. The minimum absolute atomic E-state index is 0.00266. The fraction of sp³-hybridized carbons (Fsp3) is 0.436. The Hall–Kier alpha value is -9.27. The van der Waals surface area contributed by atoms with E-state index in [0.717, 1.165) is 10.9 Å². The maximum atomic E-state index is 14.7. The highest BCUT2D eigenvalue weighted by atomic mass is 16.3. The number of phenols is 1. The molecule has 0 saturated carbocycles. The number of urea groups is 1. The average Bonchev–Trinajstić information content (AvgIpc) is 4.43. The number of hydrazine groups is 1. The fourth-order valence-corrected chi connectivity index (χ4v) is 9.70. The van der Waals surface area contributed by atoms with Gasteiger partial charge in [-0.25, -0.2) is 10.2 Å². The van der Waals surface area contributed by atoms with Gasteiger partial charge in [-0.15, -0.1) is 0 Å². The Bertz CT molecular complexity index is 2940. The van der Waals surface area contributed by atoms with Crippen molar-refractivity contribution in [1.82, 2.24) is 63.3 Å². The molecular weight excluding hydrogens is 1060 g/mol. The number of guanidine groups is 1. The van der Waals surface area contributed by atoms with Gasteiger partial charge in [0.15, 0.2) is 5.96 Å². The highest BCUT2D eigenvalue weighted by Crippen LogP contribution is 2.22. The van der Waals surface area contributed by atoms with Crippen LogP contribution in [0.1, 0.15) is 75.5 Å². The molecule has 3 aromatic carbocycles. The molecule has 18 N–H and O–H groups in total.